The lowest BCUT2D eigenvalue weighted by molar-refractivity contribution is -0.123. The number of hydrogen-bond donors (Lipinski definition) is 2. The molecule has 1 amide bonds. The summed E-state index contributed by atoms with van der Waals surface area (Å²) >= 11 is 0. The molecule has 1 aliphatic heterocycles. The van der Waals surface area contributed by atoms with Crippen LogP contribution in [0.3, 0.4) is 0 Å². The van der Waals surface area contributed by atoms with Gasteiger partial charge in [0, 0.05) is 18.3 Å². The molecule has 0 spiro atoms. The fourth-order valence-corrected chi connectivity index (χ4v) is 2.83. The van der Waals surface area contributed by atoms with Gasteiger partial charge in [0.2, 0.25) is 5.91 Å². The lowest BCUT2D eigenvalue weighted by atomic mass is 9.99. The molecule has 1 aromatic carbocycles. The average Bonchev–Trinajstić information content (AvgIpc) is 2.73. The molecular weight excluding hydrogens is 250 g/mol. The molecular formula is C16H25N3O. The van der Waals surface area contributed by atoms with Crippen molar-refractivity contribution in [1.82, 2.24) is 5.32 Å². The molecule has 0 aromatic heterocycles. The molecule has 0 aliphatic carbocycles. The third kappa shape index (κ3) is 2.80. The molecule has 4 nitrogen and oxygen atoms in total. The van der Waals surface area contributed by atoms with Crippen LogP contribution in [0.4, 0.5) is 5.69 Å². The van der Waals surface area contributed by atoms with Gasteiger partial charge in [-0.25, -0.2) is 0 Å². The zero-order valence-corrected chi connectivity index (χ0v) is 12.6. The standard InChI is InChI=1S/C16H25N3O/c1-4-9-18-16(3,15(17)20)11-19-12(2)10-13-7-5-6-8-14(13)19/h5-8,12,18H,4,9-11H2,1-3H3,(H2,17,20). The number of primary amides is 1. The predicted molar refractivity (Wildman–Crippen MR) is 82.8 cm³/mol. The van der Waals surface area contributed by atoms with Crippen molar-refractivity contribution in [3.05, 3.63) is 29.8 Å². The van der Waals surface area contributed by atoms with Gasteiger partial charge in [-0.15, -0.1) is 0 Å². The van der Waals surface area contributed by atoms with E-state index in [1.165, 1.54) is 11.3 Å². The van der Waals surface area contributed by atoms with Crippen molar-refractivity contribution in [3.8, 4) is 0 Å². The van der Waals surface area contributed by atoms with Crippen molar-refractivity contribution in [2.24, 2.45) is 5.73 Å². The van der Waals surface area contributed by atoms with Crippen molar-refractivity contribution in [1.29, 1.82) is 0 Å². The van der Waals surface area contributed by atoms with Gasteiger partial charge in [-0.3, -0.25) is 4.79 Å². The summed E-state index contributed by atoms with van der Waals surface area (Å²) in [7, 11) is 0. The van der Waals surface area contributed by atoms with E-state index in [0.29, 0.717) is 12.6 Å². The summed E-state index contributed by atoms with van der Waals surface area (Å²) < 4.78 is 0. The monoisotopic (exact) mass is 275 g/mol. The molecule has 20 heavy (non-hydrogen) atoms. The Hall–Kier alpha value is -1.55. The number of nitrogens with one attached hydrogen (secondary N) is 1. The lowest BCUT2D eigenvalue weighted by Crippen LogP contribution is -2.60. The molecule has 2 unspecified atom stereocenters. The summed E-state index contributed by atoms with van der Waals surface area (Å²) in [5.41, 5.74) is 7.51. The molecule has 1 aromatic rings. The van der Waals surface area contributed by atoms with E-state index < -0.39 is 5.54 Å². The van der Waals surface area contributed by atoms with E-state index in [0.717, 1.165) is 19.4 Å². The molecule has 1 aliphatic rings. The first-order chi connectivity index (χ1) is 9.48. The van der Waals surface area contributed by atoms with Crippen LogP contribution in [0.2, 0.25) is 0 Å². The predicted octanol–water partition coefficient (Wildman–Crippen LogP) is 1.68. The van der Waals surface area contributed by atoms with Crippen molar-refractivity contribution >= 4 is 11.6 Å². The first-order valence-electron chi connectivity index (χ1n) is 7.37. The van der Waals surface area contributed by atoms with E-state index in [1.54, 1.807) is 0 Å². The fraction of sp³-hybridized carbons (Fsp3) is 0.562. The van der Waals surface area contributed by atoms with Gasteiger partial charge in [-0.05, 0) is 44.9 Å². The van der Waals surface area contributed by atoms with Gasteiger partial charge >= 0.3 is 0 Å². The molecule has 4 heteroatoms. The Bertz CT molecular complexity index is 488. The van der Waals surface area contributed by atoms with E-state index in [9.17, 15) is 4.79 Å². The van der Waals surface area contributed by atoms with Crippen molar-refractivity contribution in [2.45, 2.75) is 45.2 Å². The Labute approximate surface area is 121 Å². The number of hydrogen-bond acceptors (Lipinski definition) is 3. The highest BCUT2D eigenvalue weighted by Crippen LogP contribution is 2.32. The zero-order valence-electron chi connectivity index (χ0n) is 12.6. The number of fused-ring (bicyclic) bond motifs is 1. The second-order valence-corrected chi connectivity index (χ2v) is 5.93. The maximum Gasteiger partial charge on any atom is 0.239 e. The van der Waals surface area contributed by atoms with Crippen LogP contribution in [0.25, 0.3) is 0 Å². The van der Waals surface area contributed by atoms with E-state index in [2.05, 4.69) is 42.3 Å². The van der Waals surface area contributed by atoms with Crippen LogP contribution >= 0.6 is 0 Å². The Kier molecular flexibility index (Phi) is 4.33. The molecule has 3 N–H and O–H groups in total. The van der Waals surface area contributed by atoms with Crippen LogP contribution in [0, 0.1) is 0 Å². The van der Waals surface area contributed by atoms with Crippen LogP contribution in [0.15, 0.2) is 24.3 Å². The van der Waals surface area contributed by atoms with Gasteiger partial charge in [-0.2, -0.15) is 0 Å². The summed E-state index contributed by atoms with van der Waals surface area (Å²) in [6.07, 6.45) is 2.01. The van der Waals surface area contributed by atoms with Crippen LogP contribution in [0.1, 0.15) is 32.8 Å². The van der Waals surface area contributed by atoms with Crippen LogP contribution in [0.5, 0.6) is 0 Å². The highest BCUT2D eigenvalue weighted by molar-refractivity contribution is 5.85. The highest BCUT2D eigenvalue weighted by atomic mass is 16.1. The van der Waals surface area contributed by atoms with Gasteiger partial charge in [0.1, 0.15) is 5.54 Å². The van der Waals surface area contributed by atoms with Crippen molar-refractivity contribution in [2.75, 3.05) is 18.0 Å². The molecule has 2 rings (SSSR count). The number of nitrogens with zero attached hydrogens (tertiary/aromatic N) is 1. The van der Waals surface area contributed by atoms with Gasteiger partial charge in [0.15, 0.2) is 0 Å². The third-order valence-electron chi connectivity index (χ3n) is 4.14. The quantitative estimate of drug-likeness (QED) is 0.830. The van der Waals surface area contributed by atoms with Crippen LogP contribution in [-0.4, -0.2) is 30.6 Å². The van der Waals surface area contributed by atoms with Crippen LogP contribution < -0.4 is 16.0 Å². The van der Waals surface area contributed by atoms with Crippen LogP contribution in [-0.2, 0) is 11.2 Å². The minimum absolute atomic E-state index is 0.289. The van der Waals surface area contributed by atoms with Gasteiger partial charge in [-0.1, -0.05) is 25.1 Å². The summed E-state index contributed by atoms with van der Waals surface area (Å²) in [6, 6.07) is 8.80. The molecule has 0 fully saturated rings. The number of nitrogens with two attached hydrogens (primary N) is 1. The largest absolute Gasteiger partial charge is 0.368 e. The Balaban J connectivity index is 2.21. The minimum Gasteiger partial charge on any atom is -0.368 e. The average molecular weight is 275 g/mol. The first kappa shape index (κ1) is 14.9. The van der Waals surface area contributed by atoms with E-state index in [-0.39, 0.29) is 5.91 Å². The SMILES string of the molecule is CCCNC(C)(CN1c2ccccc2CC1C)C(N)=O. The number of rotatable bonds is 6. The number of carbonyl (C=O) groups excluding carboxylic acids is 1. The van der Waals surface area contributed by atoms with E-state index >= 15 is 0 Å². The number of benzene rings is 1. The van der Waals surface area contributed by atoms with Crippen molar-refractivity contribution < 1.29 is 4.79 Å². The zero-order chi connectivity index (χ0) is 14.8. The van der Waals surface area contributed by atoms with Gasteiger partial charge in [0.05, 0.1) is 0 Å². The fourth-order valence-electron chi connectivity index (χ4n) is 2.83. The summed E-state index contributed by atoms with van der Waals surface area (Å²) in [4.78, 5) is 14.2. The summed E-state index contributed by atoms with van der Waals surface area (Å²) in [5.74, 6) is -0.289. The molecule has 0 bridgehead atoms. The smallest absolute Gasteiger partial charge is 0.239 e. The van der Waals surface area contributed by atoms with E-state index in [4.69, 9.17) is 5.73 Å². The Morgan fingerprint density at radius 1 is 1.50 bits per heavy atom. The second kappa shape index (κ2) is 5.83. The second-order valence-electron chi connectivity index (χ2n) is 5.93. The normalized spacial score (nSPS) is 20.6. The number of amides is 1. The number of anilines is 1. The van der Waals surface area contributed by atoms with Gasteiger partial charge in [0.25, 0.3) is 0 Å². The third-order valence-corrected chi connectivity index (χ3v) is 4.14. The Morgan fingerprint density at radius 2 is 2.20 bits per heavy atom. The van der Waals surface area contributed by atoms with Gasteiger partial charge < -0.3 is 16.0 Å². The molecule has 0 radical (unpaired) electrons. The molecule has 0 saturated carbocycles. The molecule has 2 atom stereocenters. The molecule has 110 valence electrons. The maximum absolute atomic E-state index is 11.9. The first-order valence-corrected chi connectivity index (χ1v) is 7.37. The lowest BCUT2D eigenvalue weighted by Gasteiger charge is -2.35. The highest BCUT2D eigenvalue weighted by Gasteiger charge is 2.36. The van der Waals surface area contributed by atoms with Crippen molar-refractivity contribution in [3.63, 3.8) is 0 Å². The minimum atomic E-state index is -0.693. The maximum atomic E-state index is 11.9. The molecule has 1 heterocycles. The Morgan fingerprint density at radius 3 is 2.85 bits per heavy atom. The number of para-hydroxylation sites is 1. The topological polar surface area (TPSA) is 58.4 Å². The van der Waals surface area contributed by atoms with E-state index in [1.807, 2.05) is 13.0 Å². The number of carbonyl (C=O) groups is 1. The summed E-state index contributed by atoms with van der Waals surface area (Å²) in [5, 5.41) is 3.31. The molecule has 0 saturated heterocycles. The summed E-state index contributed by atoms with van der Waals surface area (Å²) in [6.45, 7) is 7.59.